The molecule has 0 aromatic carbocycles. The summed E-state index contributed by atoms with van der Waals surface area (Å²) in [6.07, 6.45) is 3.04. The van der Waals surface area contributed by atoms with E-state index in [2.05, 4.69) is 13.5 Å². The van der Waals surface area contributed by atoms with Crippen LogP contribution < -0.4 is 0 Å². The van der Waals surface area contributed by atoms with Crippen LogP contribution in [0.1, 0.15) is 13.3 Å². The Morgan fingerprint density at radius 2 is 2.62 bits per heavy atom. The lowest BCUT2D eigenvalue weighted by atomic mass is 10.1. The van der Waals surface area contributed by atoms with Crippen LogP contribution in [0.3, 0.4) is 0 Å². The van der Waals surface area contributed by atoms with Gasteiger partial charge in [0, 0.05) is 6.61 Å². The average molecular weight is 112 g/mol. The molecule has 0 spiro atoms. The Kier molecular flexibility index (Phi) is 1.16. The summed E-state index contributed by atoms with van der Waals surface area (Å²) in [5.41, 5.74) is 0.196. The van der Waals surface area contributed by atoms with Gasteiger partial charge < -0.3 is 5.11 Å². The van der Waals surface area contributed by atoms with Gasteiger partial charge in [0.15, 0.2) is 0 Å². The second kappa shape index (κ2) is 1.59. The molecule has 0 aromatic heterocycles. The van der Waals surface area contributed by atoms with Crippen LogP contribution in [0.5, 0.6) is 0 Å². The highest BCUT2D eigenvalue weighted by atomic mass is 16.3. The van der Waals surface area contributed by atoms with Gasteiger partial charge in [0.2, 0.25) is 0 Å². The van der Waals surface area contributed by atoms with E-state index in [0.29, 0.717) is 12.5 Å². The Bertz CT molecular complexity index is 109. The van der Waals surface area contributed by atoms with E-state index in [1.165, 1.54) is 0 Å². The number of allylic oxidation sites excluding steroid dienone is 1. The van der Waals surface area contributed by atoms with Crippen molar-refractivity contribution in [3.05, 3.63) is 12.7 Å². The van der Waals surface area contributed by atoms with Gasteiger partial charge in [-0.05, 0) is 17.8 Å². The maximum atomic E-state index is 8.72. The van der Waals surface area contributed by atoms with Crippen LogP contribution in [0.15, 0.2) is 12.7 Å². The molecular formula is C7H12O. The minimum absolute atomic E-state index is 0.196. The molecule has 1 unspecified atom stereocenters. The summed E-state index contributed by atoms with van der Waals surface area (Å²) in [5.74, 6) is 0.576. The van der Waals surface area contributed by atoms with E-state index in [1.807, 2.05) is 6.08 Å². The van der Waals surface area contributed by atoms with Crippen LogP contribution in [0.25, 0.3) is 0 Å². The minimum atomic E-state index is 0.196. The molecule has 0 bridgehead atoms. The molecule has 0 aromatic rings. The van der Waals surface area contributed by atoms with Crippen molar-refractivity contribution in [2.75, 3.05) is 6.61 Å². The normalized spacial score (nSPS) is 44.0. The number of rotatable bonds is 2. The Labute approximate surface area is 50.0 Å². The lowest BCUT2D eigenvalue weighted by Gasteiger charge is -2.00. The van der Waals surface area contributed by atoms with Gasteiger partial charge in [0.1, 0.15) is 0 Å². The van der Waals surface area contributed by atoms with E-state index >= 15 is 0 Å². The molecule has 0 radical (unpaired) electrons. The first-order valence-corrected chi connectivity index (χ1v) is 2.96. The summed E-state index contributed by atoms with van der Waals surface area (Å²) in [4.78, 5) is 0. The summed E-state index contributed by atoms with van der Waals surface area (Å²) in [7, 11) is 0. The van der Waals surface area contributed by atoms with Crippen LogP contribution >= 0.6 is 0 Å². The minimum Gasteiger partial charge on any atom is -0.396 e. The van der Waals surface area contributed by atoms with Crippen LogP contribution in [0.2, 0.25) is 0 Å². The summed E-state index contributed by atoms with van der Waals surface area (Å²) in [6, 6.07) is 0. The Hall–Kier alpha value is -0.300. The summed E-state index contributed by atoms with van der Waals surface area (Å²) >= 11 is 0. The zero-order valence-corrected chi connectivity index (χ0v) is 5.22. The highest BCUT2D eigenvalue weighted by Crippen LogP contribution is 2.52. The number of hydrogen-bond donors (Lipinski definition) is 1. The predicted octanol–water partition coefficient (Wildman–Crippen LogP) is 1.19. The molecule has 1 aliphatic rings. The smallest absolute Gasteiger partial charge is 0.0490 e. The van der Waals surface area contributed by atoms with Crippen LogP contribution in [0.4, 0.5) is 0 Å². The summed E-state index contributed by atoms with van der Waals surface area (Å²) < 4.78 is 0. The second-order valence-electron chi connectivity index (χ2n) is 2.86. The third-order valence-electron chi connectivity index (χ3n) is 2.07. The molecule has 46 valence electrons. The van der Waals surface area contributed by atoms with Gasteiger partial charge in [-0.3, -0.25) is 0 Å². The standard InChI is InChI=1S/C7H12O/c1-3-6-4-7(6,2)5-8/h3,6,8H,1,4-5H2,2H3/t6?,7-/m0/s1. The van der Waals surface area contributed by atoms with Crippen molar-refractivity contribution in [3.8, 4) is 0 Å². The quantitative estimate of drug-likeness (QED) is 0.532. The van der Waals surface area contributed by atoms with E-state index in [9.17, 15) is 0 Å². The van der Waals surface area contributed by atoms with Crippen molar-refractivity contribution >= 4 is 0 Å². The fraction of sp³-hybridized carbons (Fsp3) is 0.714. The van der Waals surface area contributed by atoms with E-state index in [-0.39, 0.29) is 5.41 Å². The molecule has 1 rings (SSSR count). The Morgan fingerprint density at radius 3 is 2.75 bits per heavy atom. The zero-order chi connectivity index (χ0) is 6.20. The maximum Gasteiger partial charge on any atom is 0.0490 e. The van der Waals surface area contributed by atoms with Crippen molar-refractivity contribution in [2.45, 2.75) is 13.3 Å². The molecule has 0 saturated heterocycles. The molecule has 1 nitrogen and oxygen atoms in total. The summed E-state index contributed by atoms with van der Waals surface area (Å²) in [6.45, 7) is 6.05. The highest BCUT2D eigenvalue weighted by molar-refractivity contribution is 5.06. The van der Waals surface area contributed by atoms with Gasteiger partial charge in [-0.15, -0.1) is 6.58 Å². The van der Waals surface area contributed by atoms with Crippen LogP contribution in [-0.4, -0.2) is 11.7 Å². The second-order valence-corrected chi connectivity index (χ2v) is 2.86. The average Bonchev–Trinajstić information content (AvgIpc) is 2.44. The van der Waals surface area contributed by atoms with Crippen molar-refractivity contribution < 1.29 is 5.11 Å². The molecule has 8 heavy (non-hydrogen) atoms. The highest BCUT2D eigenvalue weighted by Gasteiger charge is 2.47. The van der Waals surface area contributed by atoms with E-state index in [0.717, 1.165) is 6.42 Å². The maximum absolute atomic E-state index is 8.72. The molecule has 1 fully saturated rings. The SMILES string of the molecule is C=CC1C[C@@]1(C)CO. The topological polar surface area (TPSA) is 20.2 Å². The fourth-order valence-corrected chi connectivity index (χ4v) is 0.993. The van der Waals surface area contributed by atoms with Crippen molar-refractivity contribution in [2.24, 2.45) is 11.3 Å². The molecule has 0 aliphatic heterocycles. The molecule has 1 heteroatoms. The van der Waals surface area contributed by atoms with Gasteiger partial charge in [0.05, 0.1) is 0 Å². The molecule has 1 N–H and O–H groups in total. The predicted molar refractivity (Wildman–Crippen MR) is 33.5 cm³/mol. The van der Waals surface area contributed by atoms with E-state index in [1.54, 1.807) is 0 Å². The Morgan fingerprint density at radius 1 is 2.00 bits per heavy atom. The molecule has 0 heterocycles. The van der Waals surface area contributed by atoms with Gasteiger partial charge in [-0.2, -0.15) is 0 Å². The van der Waals surface area contributed by atoms with Crippen molar-refractivity contribution in [1.29, 1.82) is 0 Å². The third-order valence-corrected chi connectivity index (χ3v) is 2.07. The largest absolute Gasteiger partial charge is 0.396 e. The first kappa shape index (κ1) is 5.83. The van der Waals surface area contributed by atoms with Gasteiger partial charge in [-0.25, -0.2) is 0 Å². The monoisotopic (exact) mass is 112 g/mol. The zero-order valence-electron chi connectivity index (χ0n) is 5.22. The fourth-order valence-electron chi connectivity index (χ4n) is 0.993. The molecule has 1 aliphatic carbocycles. The molecule has 1 saturated carbocycles. The molecule has 0 amide bonds. The van der Waals surface area contributed by atoms with E-state index in [4.69, 9.17) is 5.11 Å². The third kappa shape index (κ3) is 0.671. The summed E-state index contributed by atoms with van der Waals surface area (Å²) in [5, 5.41) is 8.72. The van der Waals surface area contributed by atoms with Gasteiger partial charge >= 0.3 is 0 Å². The number of hydrogen-bond acceptors (Lipinski definition) is 1. The Balaban J connectivity index is 2.42. The lowest BCUT2D eigenvalue weighted by Crippen LogP contribution is -2.01. The number of aliphatic hydroxyl groups excluding tert-OH is 1. The van der Waals surface area contributed by atoms with E-state index < -0.39 is 0 Å². The first-order valence-electron chi connectivity index (χ1n) is 2.96. The molecule has 2 atom stereocenters. The van der Waals surface area contributed by atoms with Crippen molar-refractivity contribution in [3.63, 3.8) is 0 Å². The van der Waals surface area contributed by atoms with Crippen molar-refractivity contribution in [1.82, 2.24) is 0 Å². The van der Waals surface area contributed by atoms with Crippen LogP contribution in [-0.2, 0) is 0 Å². The number of aliphatic hydroxyl groups is 1. The van der Waals surface area contributed by atoms with Crippen LogP contribution in [0, 0.1) is 11.3 Å². The van der Waals surface area contributed by atoms with Gasteiger partial charge in [-0.1, -0.05) is 13.0 Å². The lowest BCUT2D eigenvalue weighted by molar-refractivity contribution is 0.217. The first-order chi connectivity index (χ1) is 3.73. The van der Waals surface area contributed by atoms with Gasteiger partial charge in [0.25, 0.3) is 0 Å². The molecular weight excluding hydrogens is 100 g/mol.